The Bertz CT molecular complexity index is 234. The van der Waals surface area contributed by atoms with Crippen LogP contribution in [0.3, 0.4) is 0 Å². The van der Waals surface area contributed by atoms with E-state index in [4.69, 9.17) is 10.2 Å². The quantitative estimate of drug-likeness (QED) is 0.694. The van der Waals surface area contributed by atoms with Crippen LogP contribution in [0.15, 0.2) is 22.8 Å². The van der Waals surface area contributed by atoms with Gasteiger partial charge in [-0.3, -0.25) is 0 Å². The molecule has 0 fully saturated rings. The first-order valence-electron chi connectivity index (χ1n) is 4.85. The average molecular weight is 197 g/mol. The predicted octanol–water partition coefficient (Wildman–Crippen LogP) is 0.431. The number of rotatable bonds is 6. The van der Waals surface area contributed by atoms with Gasteiger partial charge in [0, 0.05) is 19.6 Å². The summed E-state index contributed by atoms with van der Waals surface area (Å²) in [5.74, 6) is 0.909. The lowest BCUT2D eigenvalue weighted by molar-refractivity contribution is 0.364. The summed E-state index contributed by atoms with van der Waals surface area (Å²) in [6, 6.07) is 3.95. The molecule has 0 aliphatic rings. The minimum Gasteiger partial charge on any atom is -0.468 e. The molecule has 0 saturated carbocycles. The van der Waals surface area contributed by atoms with Gasteiger partial charge in [0.05, 0.1) is 12.3 Å². The van der Waals surface area contributed by atoms with E-state index in [1.807, 2.05) is 26.2 Å². The maximum absolute atomic E-state index is 5.64. The minimum absolute atomic E-state index is 0.130. The first-order valence-corrected chi connectivity index (χ1v) is 4.85. The fourth-order valence-electron chi connectivity index (χ4n) is 1.25. The molecule has 1 atom stereocenters. The van der Waals surface area contributed by atoms with Crippen molar-refractivity contribution in [1.29, 1.82) is 0 Å². The third kappa shape index (κ3) is 3.49. The molecule has 1 aromatic rings. The molecule has 0 aliphatic heterocycles. The van der Waals surface area contributed by atoms with E-state index < -0.39 is 0 Å². The van der Waals surface area contributed by atoms with Crippen LogP contribution in [-0.2, 0) is 0 Å². The number of likely N-dealkylation sites (N-methyl/N-ethyl adjacent to an activating group) is 1. The predicted molar refractivity (Wildman–Crippen MR) is 57.1 cm³/mol. The number of hydrogen-bond donors (Lipinski definition) is 2. The van der Waals surface area contributed by atoms with E-state index in [-0.39, 0.29) is 6.04 Å². The lowest BCUT2D eigenvalue weighted by Gasteiger charge is -2.16. The zero-order valence-corrected chi connectivity index (χ0v) is 8.86. The second-order valence-corrected chi connectivity index (χ2v) is 3.56. The summed E-state index contributed by atoms with van der Waals surface area (Å²) in [7, 11) is 4.10. The van der Waals surface area contributed by atoms with E-state index in [1.54, 1.807) is 6.26 Å². The van der Waals surface area contributed by atoms with Crippen molar-refractivity contribution < 1.29 is 4.42 Å². The van der Waals surface area contributed by atoms with E-state index in [2.05, 4.69) is 10.2 Å². The molecule has 4 heteroatoms. The van der Waals surface area contributed by atoms with Crippen LogP contribution in [0.25, 0.3) is 0 Å². The van der Waals surface area contributed by atoms with Crippen LogP contribution in [0, 0.1) is 0 Å². The van der Waals surface area contributed by atoms with Crippen molar-refractivity contribution in [3.8, 4) is 0 Å². The largest absolute Gasteiger partial charge is 0.468 e. The summed E-state index contributed by atoms with van der Waals surface area (Å²) in [5.41, 5.74) is 5.64. The Morgan fingerprint density at radius 1 is 1.57 bits per heavy atom. The molecule has 3 N–H and O–H groups in total. The Kier molecular flexibility index (Phi) is 4.65. The van der Waals surface area contributed by atoms with Gasteiger partial charge in [0.15, 0.2) is 0 Å². The minimum atomic E-state index is 0.130. The zero-order valence-electron chi connectivity index (χ0n) is 8.86. The molecule has 80 valence electrons. The molecule has 1 aromatic heterocycles. The molecule has 4 nitrogen and oxygen atoms in total. The van der Waals surface area contributed by atoms with E-state index >= 15 is 0 Å². The molecule has 0 radical (unpaired) electrons. The van der Waals surface area contributed by atoms with Crippen molar-refractivity contribution in [2.75, 3.05) is 33.7 Å². The molecular formula is C10H19N3O. The molecule has 0 aromatic carbocycles. The van der Waals surface area contributed by atoms with Gasteiger partial charge in [0.25, 0.3) is 0 Å². The van der Waals surface area contributed by atoms with Crippen molar-refractivity contribution in [1.82, 2.24) is 10.2 Å². The van der Waals surface area contributed by atoms with E-state index in [9.17, 15) is 0 Å². The molecule has 0 aliphatic carbocycles. The summed E-state index contributed by atoms with van der Waals surface area (Å²) < 4.78 is 5.29. The molecule has 1 unspecified atom stereocenters. The Morgan fingerprint density at radius 2 is 2.36 bits per heavy atom. The van der Waals surface area contributed by atoms with Gasteiger partial charge in [-0.25, -0.2) is 0 Å². The number of furan rings is 1. The summed E-state index contributed by atoms with van der Waals surface area (Å²) >= 11 is 0. The normalized spacial score (nSPS) is 13.4. The molecule has 0 spiro atoms. The summed E-state index contributed by atoms with van der Waals surface area (Å²) in [6.45, 7) is 2.47. The number of hydrogen-bond acceptors (Lipinski definition) is 4. The Balaban J connectivity index is 2.33. The van der Waals surface area contributed by atoms with Crippen LogP contribution in [0.1, 0.15) is 11.8 Å². The van der Waals surface area contributed by atoms with Crippen molar-refractivity contribution in [3.05, 3.63) is 24.2 Å². The standard InChI is InChI=1S/C10H19N3O/c1-13(2)6-5-12-9(8-11)10-4-3-7-14-10/h3-4,7,9,12H,5-6,8,11H2,1-2H3. The average Bonchev–Trinajstić information content (AvgIpc) is 2.64. The van der Waals surface area contributed by atoms with Gasteiger partial charge in [-0.2, -0.15) is 0 Å². The Hall–Kier alpha value is -0.840. The molecule has 1 heterocycles. The molecule has 1 rings (SSSR count). The SMILES string of the molecule is CN(C)CCNC(CN)c1ccco1. The molecule has 0 amide bonds. The van der Waals surface area contributed by atoms with E-state index in [0.29, 0.717) is 6.54 Å². The van der Waals surface area contributed by atoms with Crippen molar-refractivity contribution in [2.45, 2.75) is 6.04 Å². The maximum atomic E-state index is 5.64. The van der Waals surface area contributed by atoms with Gasteiger partial charge >= 0.3 is 0 Å². The highest BCUT2D eigenvalue weighted by molar-refractivity contribution is 5.04. The van der Waals surface area contributed by atoms with Gasteiger partial charge in [-0.1, -0.05) is 0 Å². The summed E-state index contributed by atoms with van der Waals surface area (Å²) in [4.78, 5) is 2.13. The van der Waals surface area contributed by atoms with Crippen LogP contribution >= 0.6 is 0 Å². The zero-order chi connectivity index (χ0) is 10.4. The van der Waals surface area contributed by atoms with Crippen LogP contribution in [-0.4, -0.2) is 38.6 Å². The first-order chi connectivity index (χ1) is 6.74. The van der Waals surface area contributed by atoms with Gasteiger partial charge in [-0.05, 0) is 26.2 Å². The molecule has 0 saturated heterocycles. The third-order valence-corrected chi connectivity index (χ3v) is 2.07. The Morgan fingerprint density at radius 3 is 2.86 bits per heavy atom. The van der Waals surface area contributed by atoms with Crippen molar-refractivity contribution >= 4 is 0 Å². The van der Waals surface area contributed by atoms with Crippen LogP contribution in [0.4, 0.5) is 0 Å². The number of nitrogens with one attached hydrogen (secondary N) is 1. The second-order valence-electron chi connectivity index (χ2n) is 3.56. The first kappa shape index (κ1) is 11.2. The summed E-state index contributed by atoms with van der Waals surface area (Å²) in [6.07, 6.45) is 1.67. The highest BCUT2D eigenvalue weighted by Gasteiger charge is 2.10. The second kappa shape index (κ2) is 5.80. The van der Waals surface area contributed by atoms with Gasteiger partial charge in [0.1, 0.15) is 5.76 Å². The maximum Gasteiger partial charge on any atom is 0.121 e. The number of nitrogens with zero attached hydrogens (tertiary/aromatic N) is 1. The molecular weight excluding hydrogens is 178 g/mol. The number of nitrogens with two attached hydrogens (primary N) is 1. The van der Waals surface area contributed by atoms with Gasteiger partial charge in [-0.15, -0.1) is 0 Å². The monoisotopic (exact) mass is 197 g/mol. The fraction of sp³-hybridized carbons (Fsp3) is 0.600. The van der Waals surface area contributed by atoms with Gasteiger partial charge in [0.2, 0.25) is 0 Å². The smallest absolute Gasteiger partial charge is 0.121 e. The van der Waals surface area contributed by atoms with Crippen LogP contribution < -0.4 is 11.1 Å². The lowest BCUT2D eigenvalue weighted by atomic mass is 10.2. The highest BCUT2D eigenvalue weighted by Crippen LogP contribution is 2.11. The van der Waals surface area contributed by atoms with E-state index in [0.717, 1.165) is 18.8 Å². The van der Waals surface area contributed by atoms with Crippen molar-refractivity contribution in [2.24, 2.45) is 5.73 Å². The fourth-order valence-corrected chi connectivity index (χ4v) is 1.25. The molecule has 14 heavy (non-hydrogen) atoms. The lowest BCUT2D eigenvalue weighted by Crippen LogP contribution is -2.33. The summed E-state index contributed by atoms with van der Waals surface area (Å²) in [5, 5.41) is 3.34. The van der Waals surface area contributed by atoms with Crippen LogP contribution in [0.2, 0.25) is 0 Å². The Labute approximate surface area is 85.1 Å². The highest BCUT2D eigenvalue weighted by atomic mass is 16.3. The van der Waals surface area contributed by atoms with Crippen LogP contribution in [0.5, 0.6) is 0 Å². The molecule has 0 bridgehead atoms. The third-order valence-electron chi connectivity index (χ3n) is 2.07. The van der Waals surface area contributed by atoms with Gasteiger partial charge < -0.3 is 20.4 Å². The topological polar surface area (TPSA) is 54.4 Å². The van der Waals surface area contributed by atoms with Crippen molar-refractivity contribution in [3.63, 3.8) is 0 Å². The van der Waals surface area contributed by atoms with E-state index in [1.165, 1.54) is 0 Å².